The normalized spacial score (nSPS) is 18.8. The van der Waals surface area contributed by atoms with Gasteiger partial charge in [0.15, 0.2) is 5.11 Å². The first-order chi connectivity index (χ1) is 14.5. The zero-order chi connectivity index (χ0) is 21.1. The molecule has 3 aromatic rings. The Morgan fingerprint density at radius 3 is 2.57 bits per heavy atom. The van der Waals surface area contributed by atoms with E-state index in [1.165, 1.54) is 11.3 Å². The van der Waals surface area contributed by atoms with Crippen LogP contribution in [0.3, 0.4) is 0 Å². The molecule has 1 N–H and O–H groups in total. The van der Waals surface area contributed by atoms with Gasteiger partial charge in [-0.1, -0.05) is 23.8 Å². The largest absolute Gasteiger partial charge is 0.352 e. The van der Waals surface area contributed by atoms with Gasteiger partial charge in [0.1, 0.15) is 0 Å². The molecule has 1 saturated heterocycles. The van der Waals surface area contributed by atoms with Crippen LogP contribution in [0.15, 0.2) is 67.0 Å². The molecule has 4 rings (SSSR count). The summed E-state index contributed by atoms with van der Waals surface area (Å²) in [5, 5.41) is 4.35. The van der Waals surface area contributed by atoms with Crippen molar-refractivity contribution in [3.8, 4) is 5.69 Å². The third-order valence-corrected chi connectivity index (χ3v) is 5.95. The van der Waals surface area contributed by atoms with E-state index < -0.39 is 0 Å². The van der Waals surface area contributed by atoms with Crippen LogP contribution in [0.2, 0.25) is 0 Å². The third-order valence-electron chi connectivity index (χ3n) is 5.60. The number of nitrogens with zero attached hydrogens (tertiary/aromatic N) is 4. The highest BCUT2D eigenvalue weighted by Crippen LogP contribution is 2.39. The van der Waals surface area contributed by atoms with E-state index in [0.717, 1.165) is 36.0 Å². The van der Waals surface area contributed by atoms with E-state index >= 15 is 0 Å². The van der Waals surface area contributed by atoms with Gasteiger partial charge >= 0.3 is 0 Å². The van der Waals surface area contributed by atoms with Crippen molar-refractivity contribution in [1.29, 1.82) is 0 Å². The summed E-state index contributed by atoms with van der Waals surface area (Å²) in [5.74, 6) is 0. The number of thiocarbonyl (C=S) groups is 1. The van der Waals surface area contributed by atoms with E-state index in [0.29, 0.717) is 0 Å². The second-order valence-corrected chi connectivity index (χ2v) is 8.50. The minimum Gasteiger partial charge on any atom is -0.352 e. The average molecular weight is 420 g/mol. The fourth-order valence-electron chi connectivity index (χ4n) is 4.10. The maximum atomic E-state index is 5.79. The van der Waals surface area contributed by atoms with E-state index in [9.17, 15) is 0 Å². The molecule has 0 bridgehead atoms. The standard InChI is InChI=1S/C24H29N5S/c1-18-10-12-19(13-11-18)28-16-6-9-21(28)23-22(20-8-4-5-14-25-20)26-24(30)29(23)17-7-15-27(2)3/h4-6,8-14,16,22-23H,7,15,17H2,1-3H3,(H,26,30)/t22-,23+/m0/s1. The van der Waals surface area contributed by atoms with Crippen molar-refractivity contribution in [3.63, 3.8) is 0 Å². The zero-order valence-corrected chi connectivity index (χ0v) is 18.6. The summed E-state index contributed by atoms with van der Waals surface area (Å²) < 4.78 is 2.27. The molecule has 3 heterocycles. The van der Waals surface area contributed by atoms with Gasteiger partial charge in [-0.3, -0.25) is 4.98 Å². The summed E-state index contributed by atoms with van der Waals surface area (Å²) in [6.07, 6.45) is 5.03. The first-order valence-electron chi connectivity index (χ1n) is 10.4. The molecule has 1 fully saturated rings. The lowest BCUT2D eigenvalue weighted by Crippen LogP contribution is -2.32. The molecule has 0 aliphatic carbocycles. The van der Waals surface area contributed by atoms with Crippen molar-refractivity contribution in [2.45, 2.75) is 25.4 Å². The van der Waals surface area contributed by atoms with Crippen LogP contribution < -0.4 is 5.32 Å². The van der Waals surface area contributed by atoms with Crippen molar-refractivity contribution in [2.24, 2.45) is 0 Å². The molecule has 1 aliphatic heterocycles. The quantitative estimate of drug-likeness (QED) is 0.584. The Balaban J connectivity index is 1.73. The highest BCUT2D eigenvalue weighted by atomic mass is 32.1. The Hall–Kier alpha value is -2.70. The molecule has 156 valence electrons. The summed E-state index contributed by atoms with van der Waals surface area (Å²) >= 11 is 5.79. The Morgan fingerprint density at radius 2 is 1.87 bits per heavy atom. The van der Waals surface area contributed by atoms with Crippen LogP contribution in [-0.2, 0) is 0 Å². The number of rotatable bonds is 7. The van der Waals surface area contributed by atoms with E-state index in [2.05, 4.69) is 94.3 Å². The smallest absolute Gasteiger partial charge is 0.170 e. The minimum absolute atomic E-state index is 0.0113. The maximum absolute atomic E-state index is 5.79. The van der Waals surface area contributed by atoms with Crippen molar-refractivity contribution in [1.82, 2.24) is 24.7 Å². The topological polar surface area (TPSA) is 36.3 Å². The molecule has 6 heteroatoms. The summed E-state index contributed by atoms with van der Waals surface area (Å²) in [6.45, 7) is 4.04. The maximum Gasteiger partial charge on any atom is 0.170 e. The lowest BCUT2D eigenvalue weighted by Gasteiger charge is -2.29. The van der Waals surface area contributed by atoms with Crippen LogP contribution >= 0.6 is 12.2 Å². The highest BCUT2D eigenvalue weighted by Gasteiger charge is 2.40. The number of aromatic nitrogens is 2. The molecule has 2 aromatic heterocycles. The van der Waals surface area contributed by atoms with Gasteiger partial charge in [0, 0.05) is 30.3 Å². The van der Waals surface area contributed by atoms with Crippen LogP contribution in [-0.4, -0.2) is 51.6 Å². The molecule has 1 aliphatic rings. The second kappa shape index (κ2) is 8.98. The fraction of sp³-hybridized carbons (Fsp3) is 0.333. The van der Waals surface area contributed by atoms with Crippen molar-refractivity contribution < 1.29 is 0 Å². The predicted molar refractivity (Wildman–Crippen MR) is 126 cm³/mol. The predicted octanol–water partition coefficient (Wildman–Crippen LogP) is 4.10. The summed E-state index contributed by atoms with van der Waals surface area (Å²) in [7, 11) is 4.22. The fourth-order valence-corrected chi connectivity index (χ4v) is 4.43. The van der Waals surface area contributed by atoms with Crippen molar-refractivity contribution >= 4 is 17.3 Å². The van der Waals surface area contributed by atoms with Gasteiger partial charge in [-0.25, -0.2) is 0 Å². The van der Waals surface area contributed by atoms with Gasteiger partial charge in [0.2, 0.25) is 0 Å². The molecule has 30 heavy (non-hydrogen) atoms. The summed E-state index contributed by atoms with van der Waals surface area (Å²) in [6, 6.07) is 19.1. The number of hydrogen-bond acceptors (Lipinski definition) is 3. The van der Waals surface area contributed by atoms with Gasteiger partial charge in [-0.2, -0.15) is 0 Å². The number of benzene rings is 1. The minimum atomic E-state index is 0.0113. The Labute approximate surface area is 184 Å². The van der Waals surface area contributed by atoms with Crippen LogP contribution in [0, 0.1) is 6.92 Å². The second-order valence-electron chi connectivity index (χ2n) is 8.12. The number of hydrogen-bond donors (Lipinski definition) is 1. The van der Waals surface area contributed by atoms with E-state index in [4.69, 9.17) is 12.2 Å². The molecule has 0 saturated carbocycles. The molecular weight excluding hydrogens is 390 g/mol. The Kier molecular flexibility index (Phi) is 6.16. The zero-order valence-electron chi connectivity index (χ0n) is 17.8. The first-order valence-corrected chi connectivity index (χ1v) is 10.8. The van der Waals surface area contributed by atoms with Crippen LogP contribution in [0.4, 0.5) is 0 Å². The Morgan fingerprint density at radius 1 is 1.07 bits per heavy atom. The van der Waals surface area contributed by atoms with Crippen molar-refractivity contribution in [3.05, 3.63) is 83.9 Å². The number of aryl methyl sites for hydroxylation is 1. The van der Waals surface area contributed by atoms with Gasteiger partial charge < -0.3 is 19.7 Å². The lowest BCUT2D eigenvalue weighted by atomic mass is 10.0. The molecule has 0 unspecified atom stereocenters. The van der Waals surface area contributed by atoms with Gasteiger partial charge in [-0.05, 0) is 82.6 Å². The molecule has 0 spiro atoms. The monoisotopic (exact) mass is 419 g/mol. The molecule has 5 nitrogen and oxygen atoms in total. The Bertz CT molecular complexity index is 980. The molecular formula is C24H29N5S. The van der Waals surface area contributed by atoms with Gasteiger partial charge in [-0.15, -0.1) is 0 Å². The van der Waals surface area contributed by atoms with Gasteiger partial charge in [0.05, 0.1) is 17.8 Å². The molecule has 2 atom stereocenters. The first kappa shape index (κ1) is 20.6. The number of pyridine rings is 1. The van der Waals surface area contributed by atoms with Crippen molar-refractivity contribution in [2.75, 3.05) is 27.2 Å². The molecule has 1 aromatic carbocycles. The van der Waals surface area contributed by atoms with Gasteiger partial charge in [0.25, 0.3) is 0 Å². The highest BCUT2D eigenvalue weighted by molar-refractivity contribution is 7.80. The summed E-state index contributed by atoms with van der Waals surface area (Å²) in [4.78, 5) is 9.19. The third kappa shape index (κ3) is 4.25. The van der Waals surface area contributed by atoms with E-state index in [-0.39, 0.29) is 12.1 Å². The van der Waals surface area contributed by atoms with Crippen LogP contribution in [0.25, 0.3) is 5.69 Å². The number of nitrogens with one attached hydrogen (secondary N) is 1. The van der Waals surface area contributed by atoms with Crippen LogP contribution in [0.5, 0.6) is 0 Å². The van der Waals surface area contributed by atoms with Crippen LogP contribution in [0.1, 0.15) is 35.5 Å². The van der Waals surface area contributed by atoms with E-state index in [1.54, 1.807) is 0 Å². The lowest BCUT2D eigenvalue weighted by molar-refractivity contribution is 0.286. The molecule has 0 amide bonds. The summed E-state index contributed by atoms with van der Waals surface area (Å²) in [5.41, 5.74) is 4.64. The SMILES string of the molecule is Cc1ccc(-n2cccc2[C@@H]2[C@H](c3ccccn3)NC(=S)N2CCCN(C)C)cc1. The average Bonchev–Trinajstić information content (AvgIpc) is 3.34. The molecule has 0 radical (unpaired) electrons. The van der Waals surface area contributed by atoms with E-state index in [1.807, 2.05) is 18.3 Å².